The first-order valence-corrected chi connectivity index (χ1v) is 8.73. The fraction of sp³-hybridized carbons (Fsp3) is 0.400. The van der Waals surface area contributed by atoms with Crippen LogP contribution in [0.25, 0.3) is 0 Å². The van der Waals surface area contributed by atoms with Gasteiger partial charge in [-0.15, -0.1) is 0 Å². The van der Waals surface area contributed by atoms with Gasteiger partial charge in [0.25, 0.3) is 0 Å². The number of carbonyl (C=O) groups is 1. The highest BCUT2D eigenvalue weighted by Crippen LogP contribution is 2.46. The lowest BCUT2D eigenvalue weighted by molar-refractivity contribution is 0.187. The van der Waals surface area contributed by atoms with Crippen molar-refractivity contribution in [3.05, 3.63) is 65.0 Å². The van der Waals surface area contributed by atoms with E-state index in [2.05, 4.69) is 10.3 Å². The monoisotopic (exact) mass is 359 g/mol. The quantitative estimate of drug-likeness (QED) is 0.879. The van der Waals surface area contributed by atoms with Gasteiger partial charge in [0, 0.05) is 37.0 Å². The minimum Gasteiger partial charge on any atom is -0.328 e. The van der Waals surface area contributed by atoms with Crippen LogP contribution in [0.15, 0.2) is 36.5 Å². The third-order valence-electron chi connectivity index (χ3n) is 5.00. The van der Waals surface area contributed by atoms with Gasteiger partial charge in [-0.2, -0.15) is 0 Å². The molecule has 1 atom stereocenters. The number of rotatable bonds is 5. The summed E-state index contributed by atoms with van der Waals surface area (Å²) in [7, 11) is 1.70. The molecule has 3 rings (SSSR count). The van der Waals surface area contributed by atoms with E-state index < -0.39 is 17.2 Å². The number of hydrogen-bond acceptors (Lipinski definition) is 2. The van der Waals surface area contributed by atoms with Crippen molar-refractivity contribution < 1.29 is 13.6 Å². The molecule has 0 spiro atoms. The Morgan fingerprint density at radius 1 is 1.31 bits per heavy atom. The Morgan fingerprint density at radius 2 is 2.04 bits per heavy atom. The maximum Gasteiger partial charge on any atom is 0.318 e. The van der Waals surface area contributed by atoms with Gasteiger partial charge in [0.15, 0.2) is 0 Å². The third kappa shape index (κ3) is 3.84. The molecule has 2 amide bonds. The Balaban J connectivity index is 1.68. The molecule has 1 heterocycles. The second kappa shape index (κ2) is 7.02. The maximum atomic E-state index is 14.1. The second-order valence-electron chi connectivity index (χ2n) is 7.13. The molecular weight excluding hydrogens is 336 g/mol. The molecule has 1 fully saturated rings. The lowest BCUT2D eigenvalue weighted by atomic mass is 10.0. The van der Waals surface area contributed by atoms with Crippen LogP contribution >= 0.6 is 0 Å². The number of likely N-dealkylation sites (N-methyl/N-ethyl adjacent to an activating group) is 1. The van der Waals surface area contributed by atoms with Gasteiger partial charge in [0.1, 0.15) is 11.6 Å². The predicted octanol–water partition coefficient (Wildman–Crippen LogP) is 3.93. The summed E-state index contributed by atoms with van der Waals surface area (Å²) >= 11 is 0. The number of urea groups is 1. The van der Waals surface area contributed by atoms with Crippen molar-refractivity contribution in [3.8, 4) is 0 Å². The Hall–Kier alpha value is -2.50. The molecular formula is C20H23F2N3O. The van der Waals surface area contributed by atoms with E-state index in [1.54, 1.807) is 18.1 Å². The number of halogens is 2. The van der Waals surface area contributed by atoms with E-state index in [0.717, 1.165) is 23.4 Å². The van der Waals surface area contributed by atoms with Crippen LogP contribution in [0.5, 0.6) is 0 Å². The molecule has 1 saturated carbocycles. The summed E-state index contributed by atoms with van der Waals surface area (Å²) in [5, 5.41) is 2.89. The lowest BCUT2D eigenvalue weighted by Crippen LogP contribution is -2.47. The van der Waals surface area contributed by atoms with Gasteiger partial charge in [-0.1, -0.05) is 0 Å². The van der Waals surface area contributed by atoms with Crippen LogP contribution in [0.1, 0.15) is 36.6 Å². The van der Waals surface area contributed by atoms with E-state index >= 15 is 0 Å². The van der Waals surface area contributed by atoms with Crippen molar-refractivity contribution in [1.82, 2.24) is 15.2 Å². The van der Waals surface area contributed by atoms with Gasteiger partial charge in [-0.3, -0.25) is 4.98 Å². The zero-order valence-electron chi connectivity index (χ0n) is 15.2. The van der Waals surface area contributed by atoms with Crippen molar-refractivity contribution >= 4 is 6.03 Å². The van der Waals surface area contributed by atoms with Crippen LogP contribution in [0.3, 0.4) is 0 Å². The molecule has 1 aliphatic carbocycles. The number of benzene rings is 1. The molecule has 1 aromatic heterocycles. The average molecular weight is 359 g/mol. The van der Waals surface area contributed by atoms with E-state index in [0.29, 0.717) is 19.3 Å². The van der Waals surface area contributed by atoms with Crippen molar-refractivity contribution in [2.45, 2.75) is 44.7 Å². The van der Waals surface area contributed by atoms with Crippen molar-refractivity contribution in [3.63, 3.8) is 0 Å². The predicted molar refractivity (Wildman–Crippen MR) is 95.7 cm³/mol. The molecule has 1 unspecified atom stereocenters. The van der Waals surface area contributed by atoms with E-state index in [-0.39, 0.29) is 17.6 Å². The van der Waals surface area contributed by atoms with Gasteiger partial charge in [0.05, 0.1) is 5.54 Å². The second-order valence-corrected chi connectivity index (χ2v) is 7.13. The molecule has 1 aromatic carbocycles. The topological polar surface area (TPSA) is 45.2 Å². The number of aromatic nitrogens is 1. The minimum atomic E-state index is -0.807. The van der Waals surface area contributed by atoms with Crippen LogP contribution < -0.4 is 5.32 Å². The average Bonchev–Trinajstić information content (AvgIpc) is 3.36. The first kappa shape index (κ1) is 18.3. The van der Waals surface area contributed by atoms with Crippen molar-refractivity contribution in [2.75, 3.05) is 7.05 Å². The summed E-state index contributed by atoms with van der Waals surface area (Å²) in [6.45, 7) is 3.93. The smallest absolute Gasteiger partial charge is 0.318 e. The van der Waals surface area contributed by atoms with E-state index in [1.807, 2.05) is 26.0 Å². The van der Waals surface area contributed by atoms with Crippen molar-refractivity contribution in [1.29, 1.82) is 0 Å². The van der Waals surface area contributed by atoms with Crippen LogP contribution in [0.4, 0.5) is 13.6 Å². The minimum absolute atomic E-state index is 0.0857. The Kier molecular flexibility index (Phi) is 4.94. The van der Waals surface area contributed by atoms with Gasteiger partial charge in [-0.05, 0) is 62.6 Å². The standard InChI is InChI=1S/C20H23F2N3O/c1-13-6-9-23-16(10-13)11-14(2)25(3)19(26)24-20(7-8-20)17-12-15(21)4-5-18(17)22/h4-6,9-10,12,14H,7-8,11H2,1-3H3,(H,24,26). The number of nitrogens with zero attached hydrogens (tertiary/aromatic N) is 2. The van der Waals surface area contributed by atoms with Gasteiger partial charge < -0.3 is 10.2 Å². The van der Waals surface area contributed by atoms with Gasteiger partial charge >= 0.3 is 6.03 Å². The zero-order valence-corrected chi connectivity index (χ0v) is 15.2. The van der Waals surface area contributed by atoms with Crippen molar-refractivity contribution in [2.24, 2.45) is 0 Å². The molecule has 2 aromatic rings. The largest absolute Gasteiger partial charge is 0.328 e. The zero-order chi connectivity index (χ0) is 18.9. The highest BCUT2D eigenvalue weighted by Gasteiger charge is 2.48. The molecule has 0 bridgehead atoms. The molecule has 1 aliphatic rings. The number of carbonyl (C=O) groups excluding carboxylic acids is 1. The number of pyridine rings is 1. The molecule has 26 heavy (non-hydrogen) atoms. The maximum absolute atomic E-state index is 14.1. The fourth-order valence-corrected chi connectivity index (χ4v) is 3.09. The summed E-state index contributed by atoms with van der Waals surface area (Å²) in [6, 6.07) is 6.89. The Labute approximate surface area is 152 Å². The summed E-state index contributed by atoms with van der Waals surface area (Å²) in [5.41, 5.74) is 1.44. The molecule has 4 nitrogen and oxygen atoms in total. The Morgan fingerprint density at radius 3 is 2.69 bits per heavy atom. The molecule has 0 radical (unpaired) electrons. The first-order valence-electron chi connectivity index (χ1n) is 8.73. The van der Waals surface area contributed by atoms with Crippen LogP contribution in [0.2, 0.25) is 0 Å². The number of hydrogen-bond donors (Lipinski definition) is 1. The summed E-state index contributed by atoms with van der Waals surface area (Å²) < 4.78 is 27.6. The first-order chi connectivity index (χ1) is 12.3. The number of aryl methyl sites for hydroxylation is 1. The van der Waals surface area contributed by atoms with Crippen LogP contribution in [-0.4, -0.2) is 29.0 Å². The van der Waals surface area contributed by atoms with E-state index in [1.165, 1.54) is 6.07 Å². The van der Waals surface area contributed by atoms with E-state index in [4.69, 9.17) is 0 Å². The van der Waals surface area contributed by atoms with Crippen LogP contribution in [0, 0.1) is 18.6 Å². The van der Waals surface area contributed by atoms with Crippen LogP contribution in [-0.2, 0) is 12.0 Å². The summed E-state index contributed by atoms with van der Waals surface area (Å²) in [4.78, 5) is 18.6. The highest BCUT2D eigenvalue weighted by molar-refractivity contribution is 5.76. The fourth-order valence-electron chi connectivity index (χ4n) is 3.09. The highest BCUT2D eigenvalue weighted by atomic mass is 19.1. The molecule has 138 valence electrons. The Bertz CT molecular complexity index is 820. The number of amides is 2. The molecule has 1 N–H and O–H groups in total. The summed E-state index contributed by atoms with van der Waals surface area (Å²) in [5.74, 6) is -1.00. The van der Waals surface area contributed by atoms with Gasteiger partial charge in [-0.25, -0.2) is 13.6 Å². The SMILES string of the molecule is Cc1ccnc(CC(C)N(C)C(=O)NC2(c3cc(F)ccc3F)CC2)c1. The normalized spacial score (nSPS) is 16.0. The number of nitrogens with one attached hydrogen (secondary N) is 1. The van der Waals surface area contributed by atoms with E-state index in [9.17, 15) is 13.6 Å². The summed E-state index contributed by atoms with van der Waals surface area (Å²) in [6.07, 6.45) is 3.57. The van der Waals surface area contributed by atoms with Gasteiger partial charge in [0.2, 0.25) is 0 Å². The third-order valence-corrected chi connectivity index (χ3v) is 5.00. The lowest BCUT2D eigenvalue weighted by Gasteiger charge is -2.28. The molecule has 0 saturated heterocycles. The molecule has 0 aliphatic heterocycles. The molecule has 6 heteroatoms.